The molecule has 2 heterocycles. The molecule has 1 N–H and O–H groups in total. The molecule has 2 aromatic heterocycles. The number of aryl methyl sites for hydroxylation is 1. The Morgan fingerprint density at radius 2 is 2.13 bits per heavy atom. The second-order valence-electron chi connectivity index (χ2n) is 5.51. The van der Waals surface area contributed by atoms with E-state index in [-0.39, 0.29) is 6.42 Å². The number of nitrogens with zero attached hydrogens (tertiary/aromatic N) is 2. The number of hydrogen-bond donors (Lipinski definition) is 1. The summed E-state index contributed by atoms with van der Waals surface area (Å²) in [6, 6.07) is 11.8. The topological polar surface area (TPSA) is 63.8 Å². The first kappa shape index (κ1) is 15.1. The van der Waals surface area contributed by atoms with E-state index >= 15 is 0 Å². The number of benzene rings is 1. The molecule has 0 unspecified atom stereocenters. The fourth-order valence-electron chi connectivity index (χ4n) is 2.79. The van der Waals surface area contributed by atoms with E-state index in [2.05, 4.69) is 11.1 Å². The van der Waals surface area contributed by atoms with Gasteiger partial charge >= 0.3 is 5.97 Å². The van der Waals surface area contributed by atoms with Crippen LogP contribution >= 0.6 is 0 Å². The van der Waals surface area contributed by atoms with E-state index in [0.29, 0.717) is 23.5 Å². The lowest BCUT2D eigenvalue weighted by Gasteiger charge is -2.04. The molecule has 0 saturated heterocycles. The van der Waals surface area contributed by atoms with Crippen molar-refractivity contribution < 1.29 is 14.6 Å². The summed E-state index contributed by atoms with van der Waals surface area (Å²) >= 11 is 0. The van der Waals surface area contributed by atoms with E-state index in [1.165, 1.54) is 5.56 Å². The smallest absolute Gasteiger partial charge is 0.309 e. The molecule has 23 heavy (non-hydrogen) atoms. The van der Waals surface area contributed by atoms with Gasteiger partial charge in [0, 0.05) is 12.6 Å². The van der Waals surface area contributed by atoms with Gasteiger partial charge in [0.1, 0.15) is 0 Å². The van der Waals surface area contributed by atoms with Crippen LogP contribution in [0.2, 0.25) is 0 Å². The number of aromatic nitrogens is 2. The molecule has 5 heteroatoms. The molecule has 1 aromatic carbocycles. The molecule has 0 amide bonds. The van der Waals surface area contributed by atoms with E-state index < -0.39 is 5.97 Å². The highest BCUT2D eigenvalue weighted by atomic mass is 16.5. The number of aliphatic carboxylic acids is 1. The van der Waals surface area contributed by atoms with Gasteiger partial charge in [-0.2, -0.15) is 0 Å². The molecule has 0 aliphatic rings. The average Bonchev–Trinajstić information content (AvgIpc) is 2.84. The number of imidazole rings is 1. The van der Waals surface area contributed by atoms with Crippen LogP contribution in [-0.2, 0) is 17.6 Å². The highest BCUT2D eigenvalue weighted by molar-refractivity contribution is 5.71. The number of fused-ring (bicyclic) bond motifs is 1. The summed E-state index contributed by atoms with van der Waals surface area (Å²) in [5.41, 5.74) is 4.38. The van der Waals surface area contributed by atoms with E-state index in [1.54, 1.807) is 11.5 Å². The van der Waals surface area contributed by atoms with Crippen molar-refractivity contribution in [3.63, 3.8) is 0 Å². The highest BCUT2D eigenvalue weighted by Crippen LogP contribution is 2.24. The number of rotatable bonds is 5. The Hall–Kier alpha value is -2.82. The quantitative estimate of drug-likeness (QED) is 0.787. The molecule has 0 bridgehead atoms. The zero-order valence-corrected chi connectivity index (χ0v) is 13.1. The minimum absolute atomic E-state index is 0.0739. The summed E-state index contributed by atoms with van der Waals surface area (Å²) in [5, 5.41) is 9.23. The second kappa shape index (κ2) is 6.12. The lowest BCUT2D eigenvalue weighted by Crippen LogP contribution is -2.06. The Morgan fingerprint density at radius 3 is 2.83 bits per heavy atom. The summed E-state index contributed by atoms with van der Waals surface area (Å²) in [6.07, 6.45) is 2.34. The van der Waals surface area contributed by atoms with Crippen LogP contribution in [0.4, 0.5) is 0 Å². The minimum Gasteiger partial charge on any atom is -0.493 e. The summed E-state index contributed by atoms with van der Waals surface area (Å²) in [6.45, 7) is 2.04. The van der Waals surface area contributed by atoms with Gasteiger partial charge in [0.15, 0.2) is 11.4 Å². The molecule has 3 aromatic rings. The fourth-order valence-corrected chi connectivity index (χ4v) is 2.79. The molecule has 0 aliphatic heterocycles. The molecule has 0 aliphatic carbocycles. The molecule has 0 atom stereocenters. The van der Waals surface area contributed by atoms with Crippen molar-refractivity contribution in [2.45, 2.75) is 19.8 Å². The molecule has 0 radical (unpaired) electrons. The fraction of sp³-hybridized carbons (Fsp3) is 0.222. The molecule has 0 saturated carbocycles. The molecular formula is C18H18N2O3. The van der Waals surface area contributed by atoms with E-state index in [0.717, 1.165) is 11.3 Å². The number of hydrogen-bond acceptors (Lipinski definition) is 3. The maximum absolute atomic E-state index is 11.3. The number of carboxylic acid groups (broad SMARTS) is 1. The predicted octanol–water partition coefficient (Wildman–Crippen LogP) is 2.87. The van der Waals surface area contributed by atoms with Crippen molar-refractivity contribution in [3.8, 4) is 5.75 Å². The van der Waals surface area contributed by atoms with Crippen LogP contribution in [0.5, 0.6) is 5.75 Å². The van der Waals surface area contributed by atoms with Gasteiger partial charge in [0.25, 0.3) is 0 Å². The van der Waals surface area contributed by atoms with Crippen LogP contribution in [0.3, 0.4) is 0 Å². The Balaban J connectivity index is 2.12. The standard InChI is InChI=1S/C18H18N2O3/c1-12-5-3-6-13(9-12)10-14-15(11-17(21)22)20-8-4-7-16(23-2)18(20)19-14/h3-9H,10-11H2,1-2H3,(H,21,22). The van der Waals surface area contributed by atoms with Crippen LogP contribution in [0.1, 0.15) is 22.5 Å². The SMILES string of the molecule is COc1cccn2c(CC(=O)O)c(Cc3cccc(C)c3)nc12. The summed E-state index contributed by atoms with van der Waals surface area (Å²) in [7, 11) is 1.58. The van der Waals surface area contributed by atoms with Gasteiger partial charge in [-0.3, -0.25) is 4.79 Å². The third-order valence-corrected chi connectivity index (χ3v) is 3.79. The van der Waals surface area contributed by atoms with Gasteiger partial charge < -0.3 is 14.2 Å². The molecule has 0 spiro atoms. The first-order valence-corrected chi connectivity index (χ1v) is 7.38. The first-order valence-electron chi connectivity index (χ1n) is 7.38. The zero-order valence-electron chi connectivity index (χ0n) is 13.1. The maximum atomic E-state index is 11.3. The minimum atomic E-state index is -0.875. The van der Waals surface area contributed by atoms with Crippen molar-refractivity contribution in [2.24, 2.45) is 0 Å². The molecule has 118 valence electrons. The van der Waals surface area contributed by atoms with E-state index in [4.69, 9.17) is 4.74 Å². The third-order valence-electron chi connectivity index (χ3n) is 3.79. The Bertz CT molecular complexity index is 868. The Labute approximate surface area is 134 Å². The molecular weight excluding hydrogens is 292 g/mol. The summed E-state index contributed by atoms with van der Waals surface area (Å²) in [5.74, 6) is -0.241. The van der Waals surface area contributed by atoms with Crippen LogP contribution < -0.4 is 4.74 Å². The lowest BCUT2D eigenvalue weighted by atomic mass is 10.1. The van der Waals surface area contributed by atoms with Crippen LogP contribution in [-0.4, -0.2) is 27.6 Å². The van der Waals surface area contributed by atoms with Crippen molar-refractivity contribution in [1.29, 1.82) is 0 Å². The summed E-state index contributed by atoms with van der Waals surface area (Å²) < 4.78 is 7.14. The third kappa shape index (κ3) is 3.04. The number of ether oxygens (including phenoxy) is 1. The largest absolute Gasteiger partial charge is 0.493 e. The van der Waals surface area contributed by atoms with Gasteiger partial charge in [0.05, 0.1) is 24.9 Å². The van der Waals surface area contributed by atoms with Gasteiger partial charge in [-0.25, -0.2) is 4.98 Å². The van der Waals surface area contributed by atoms with Gasteiger partial charge in [-0.15, -0.1) is 0 Å². The van der Waals surface area contributed by atoms with Crippen molar-refractivity contribution in [1.82, 2.24) is 9.38 Å². The van der Waals surface area contributed by atoms with E-state index in [9.17, 15) is 9.90 Å². The monoisotopic (exact) mass is 310 g/mol. The first-order chi connectivity index (χ1) is 11.1. The molecule has 3 rings (SSSR count). The van der Waals surface area contributed by atoms with Crippen LogP contribution in [0, 0.1) is 6.92 Å². The second-order valence-corrected chi connectivity index (χ2v) is 5.51. The number of carboxylic acids is 1. The lowest BCUT2D eigenvalue weighted by molar-refractivity contribution is -0.136. The molecule has 0 fully saturated rings. The van der Waals surface area contributed by atoms with Gasteiger partial charge in [-0.1, -0.05) is 29.8 Å². The Kier molecular flexibility index (Phi) is 4.02. The van der Waals surface area contributed by atoms with Crippen molar-refractivity contribution in [2.75, 3.05) is 7.11 Å². The number of methoxy groups -OCH3 is 1. The normalized spacial score (nSPS) is 10.9. The molecule has 5 nitrogen and oxygen atoms in total. The average molecular weight is 310 g/mol. The highest BCUT2D eigenvalue weighted by Gasteiger charge is 2.17. The van der Waals surface area contributed by atoms with Crippen LogP contribution in [0.25, 0.3) is 5.65 Å². The number of pyridine rings is 1. The van der Waals surface area contributed by atoms with Gasteiger partial charge in [-0.05, 0) is 24.6 Å². The Morgan fingerprint density at radius 1 is 1.30 bits per heavy atom. The van der Waals surface area contributed by atoms with Gasteiger partial charge in [0.2, 0.25) is 0 Å². The van der Waals surface area contributed by atoms with Crippen molar-refractivity contribution in [3.05, 3.63) is 65.1 Å². The summed E-state index contributed by atoms with van der Waals surface area (Å²) in [4.78, 5) is 15.9. The predicted molar refractivity (Wildman–Crippen MR) is 87.1 cm³/mol. The van der Waals surface area contributed by atoms with Crippen LogP contribution in [0.15, 0.2) is 42.6 Å². The van der Waals surface area contributed by atoms with E-state index in [1.807, 2.05) is 43.5 Å². The van der Waals surface area contributed by atoms with Crippen molar-refractivity contribution >= 4 is 11.6 Å². The zero-order chi connectivity index (χ0) is 16.4. The number of carbonyl (C=O) groups is 1. The maximum Gasteiger partial charge on any atom is 0.309 e.